The van der Waals surface area contributed by atoms with E-state index in [-0.39, 0.29) is 17.9 Å². The number of nitrogens with zero attached hydrogens (tertiary/aromatic N) is 2. The third-order valence-corrected chi connectivity index (χ3v) is 5.96. The summed E-state index contributed by atoms with van der Waals surface area (Å²) in [5.41, 5.74) is 5.74. The summed E-state index contributed by atoms with van der Waals surface area (Å²) >= 11 is 0. The van der Waals surface area contributed by atoms with Crippen molar-refractivity contribution in [1.82, 2.24) is 14.8 Å². The van der Waals surface area contributed by atoms with Crippen LogP contribution in [0.5, 0.6) is 5.75 Å². The van der Waals surface area contributed by atoms with E-state index in [0.717, 1.165) is 33.5 Å². The summed E-state index contributed by atoms with van der Waals surface area (Å²) in [5.74, 6) is 0.631. The van der Waals surface area contributed by atoms with Crippen molar-refractivity contribution in [2.75, 3.05) is 12.4 Å². The number of aromatic amines is 1. The smallest absolute Gasteiger partial charge is 0.253 e. The van der Waals surface area contributed by atoms with Crippen LogP contribution in [-0.4, -0.2) is 27.8 Å². The summed E-state index contributed by atoms with van der Waals surface area (Å²) in [4.78, 5) is 28.2. The van der Waals surface area contributed by atoms with E-state index >= 15 is 0 Å². The van der Waals surface area contributed by atoms with Gasteiger partial charge in [0.05, 0.1) is 12.8 Å². The highest BCUT2D eigenvalue weighted by atomic mass is 16.5. The maximum atomic E-state index is 12.7. The third-order valence-electron chi connectivity index (χ3n) is 5.96. The van der Waals surface area contributed by atoms with Gasteiger partial charge in [0.1, 0.15) is 11.4 Å². The zero-order valence-electron chi connectivity index (χ0n) is 19.4. The molecule has 7 heteroatoms. The molecular formula is C26H28N4O3. The van der Waals surface area contributed by atoms with Crippen LogP contribution in [0.3, 0.4) is 0 Å². The van der Waals surface area contributed by atoms with E-state index in [1.54, 1.807) is 18.8 Å². The number of nitrogens with one attached hydrogen (secondary N) is 2. The lowest BCUT2D eigenvalue weighted by atomic mass is 10.0. The highest BCUT2D eigenvalue weighted by Crippen LogP contribution is 2.26. The van der Waals surface area contributed by atoms with Crippen molar-refractivity contribution in [3.63, 3.8) is 0 Å². The summed E-state index contributed by atoms with van der Waals surface area (Å²) in [5, 5.41) is 8.29. The van der Waals surface area contributed by atoms with Crippen LogP contribution in [0.2, 0.25) is 0 Å². The van der Waals surface area contributed by atoms with Crippen LogP contribution in [0.1, 0.15) is 34.4 Å². The van der Waals surface area contributed by atoms with Crippen LogP contribution in [-0.2, 0) is 24.7 Å². The molecule has 0 atom stereocenters. The monoisotopic (exact) mass is 444 g/mol. The molecular weight excluding hydrogens is 416 g/mol. The van der Waals surface area contributed by atoms with Gasteiger partial charge < -0.3 is 15.0 Å². The van der Waals surface area contributed by atoms with E-state index < -0.39 is 0 Å². The van der Waals surface area contributed by atoms with Crippen molar-refractivity contribution >= 4 is 22.6 Å². The SMILES string of the molecule is COc1ccc(NC(=O)CCc2c(C)c3c(C)nn(C)c3[nH]c2=O)cc1Cc1ccccc1. The highest BCUT2D eigenvalue weighted by Gasteiger charge is 2.16. The van der Waals surface area contributed by atoms with E-state index in [4.69, 9.17) is 4.74 Å². The molecule has 33 heavy (non-hydrogen) atoms. The molecule has 0 saturated heterocycles. The van der Waals surface area contributed by atoms with Gasteiger partial charge in [-0.15, -0.1) is 0 Å². The number of benzene rings is 2. The zero-order chi connectivity index (χ0) is 23.5. The molecule has 4 aromatic rings. The van der Waals surface area contributed by atoms with Crippen LogP contribution in [0.25, 0.3) is 11.0 Å². The molecule has 0 bridgehead atoms. The van der Waals surface area contributed by atoms with Crippen LogP contribution < -0.4 is 15.6 Å². The molecule has 2 aromatic heterocycles. The number of hydrogen-bond donors (Lipinski definition) is 2. The van der Waals surface area contributed by atoms with Gasteiger partial charge in [0.15, 0.2) is 0 Å². The summed E-state index contributed by atoms with van der Waals surface area (Å²) in [7, 11) is 3.45. The molecule has 1 amide bonds. The van der Waals surface area contributed by atoms with Gasteiger partial charge in [0.2, 0.25) is 5.91 Å². The predicted octanol–water partition coefficient (Wildman–Crippen LogP) is 4.05. The lowest BCUT2D eigenvalue weighted by molar-refractivity contribution is -0.116. The number of H-pyrrole nitrogens is 1. The minimum atomic E-state index is -0.176. The first-order chi connectivity index (χ1) is 15.9. The van der Waals surface area contributed by atoms with Gasteiger partial charge in [-0.1, -0.05) is 30.3 Å². The first kappa shape index (κ1) is 22.3. The average Bonchev–Trinajstić information content (AvgIpc) is 3.07. The van der Waals surface area contributed by atoms with E-state index in [9.17, 15) is 9.59 Å². The Morgan fingerprint density at radius 2 is 1.91 bits per heavy atom. The van der Waals surface area contributed by atoms with E-state index in [1.807, 2.05) is 50.2 Å². The molecule has 0 aliphatic rings. The molecule has 0 saturated carbocycles. The Hall–Kier alpha value is -3.87. The summed E-state index contributed by atoms with van der Waals surface area (Å²) in [6.45, 7) is 3.83. The largest absolute Gasteiger partial charge is 0.496 e. The van der Waals surface area contributed by atoms with Crippen LogP contribution in [0.4, 0.5) is 5.69 Å². The number of pyridine rings is 1. The number of amides is 1. The Kier molecular flexibility index (Phi) is 6.31. The maximum absolute atomic E-state index is 12.7. The second-order valence-corrected chi connectivity index (χ2v) is 8.23. The molecule has 7 nitrogen and oxygen atoms in total. The van der Waals surface area contributed by atoms with E-state index in [1.165, 1.54) is 0 Å². The molecule has 4 rings (SSSR count). The number of anilines is 1. The molecule has 0 spiro atoms. The normalized spacial score (nSPS) is 11.0. The van der Waals surface area contributed by atoms with Crippen molar-refractivity contribution in [3.8, 4) is 5.75 Å². The fourth-order valence-corrected chi connectivity index (χ4v) is 4.33. The Labute approximate surface area is 192 Å². The highest BCUT2D eigenvalue weighted by molar-refractivity contribution is 5.91. The summed E-state index contributed by atoms with van der Waals surface area (Å²) in [6, 6.07) is 15.7. The van der Waals surface area contributed by atoms with Crippen LogP contribution >= 0.6 is 0 Å². The second kappa shape index (κ2) is 9.32. The average molecular weight is 445 g/mol. The first-order valence-corrected chi connectivity index (χ1v) is 10.9. The Morgan fingerprint density at radius 3 is 2.64 bits per heavy atom. The molecule has 170 valence electrons. The fourth-order valence-electron chi connectivity index (χ4n) is 4.33. The van der Waals surface area contributed by atoms with Gasteiger partial charge in [-0.2, -0.15) is 5.10 Å². The van der Waals surface area contributed by atoms with Crippen molar-refractivity contribution < 1.29 is 9.53 Å². The fraction of sp³-hybridized carbons (Fsp3) is 0.269. The van der Waals surface area contributed by atoms with Crippen molar-refractivity contribution in [2.45, 2.75) is 33.1 Å². The van der Waals surface area contributed by atoms with Crippen molar-refractivity contribution in [1.29, 1.82) is 0 Å². The number of methoxy groups -OCH3 is 1. The number of fused-ring (bicyclic) bond motifs is 1. The Balaban J connectivity index is 1.49. The van der Waals surface area contributed by atoms with Gasteiger partial charge in [-0.25, -0.2) is 0 Å². The minimum absolute atomic E-state index is 0.146. The van der Waals surface area contributed by atoms with Crippen LogP contribution in [0.15, 0.2) is 53.3 Å². The molecule has 0 aliphatic heterocycles. The standard InChI is InChI=1S/C26H28N4O3/c1-16-21(26(32)28-25-24(16)17(2)29-30(25)3)11-13-23(31)27-20-10-12-22(33-4)19(15-20)14-18-8-6-5-7-9-18/h5-10,12,15H,11,13-14H2,1-4H3,(H,27,31)(H,28,32). The lowest BCUT2D eigenvalue weighted by Gasteiger charge is -2.12. The van der Waals surface area contributed by atoms with E-state index in [2.05, 4.69) is 27.5 Å². The van der Waals surface area contributed by atoms with Gasteiger partial charge >= 0.3 is 0 Å². The molecule has 0 fully saturated rings. The maximum Gasteiger partial charge on any atom is 0.253 e. The van der Waals surface area contributed by atoms with Crippen molar-refractivity contribution in [3.05, 3.63) is 86.8 Å². The summed E-state index contributed by atoms with van der Waals surface area (Å²) < 4.78 is 7.17. The first-order valence-electron chi connectivity index (χ1n) is 10.9. The third kappa shape index (κ3) is 4.67. The van der Waals surface area contributed by atoms with Gasteiger partial charge in [-0.05, 0) is 49.6 Å². The molecule has 0 radical (unpaired) electrons. The predicted molar refractivity (Wildman–Crippen MR) is 130 cm³/mol. The number of carbonyl (C=O) groups excluding carboxylic acids is 1. The molecule has 2 heterocycles. The quantitative estimate of drug-likeness (QED) is 0.450. The second-order valence-electron chi connectivity index (χ2n) is 8.23. The summed E-state index contributed by atoms with van der Waals surface area (Å²) in [6.07, 6.45) is 1.26. The van der Waals surface area contributed by atoms with Gasteiger partial charge in [-0.3, -0.25) is 14.3 Å². The Bertz CT molecular complexity index is 1370. The molecule has 0 aliphatic carbocycles. The zero-order valence-corrected chi connectivity index (χ0v) is 19.4. The number of ether oxygens (including phenoxy) is 1. The Morgan fingerprint density at radius 1 is 1.15 bits per heavy atom. The number of carbonyl (C=O) groups is 1. The van der Waals surface area contributed by atoms with Gasteiger partial charge in [0.25, 0.3) is 5.56 Å². The topological polar surface area (TPSA) is 89.0 Å². The van der Waals surface area contributed by atoms with E-state index in [0.29, 0.717) is 29.7 Å². The van der Waals surface area contributed by atoms with Gasteiger partial charge in [0, 0.05) is 42.1 Å². The number of rotatable bonds is 7. The molecule has 0 unspecified atom stereocenters. The molecule has 2 aromatic carbocycles. The van der Waals surface area contributed by atoms with Crippen molar-refractivity contribution in [2.24, 2.45) is 7.05 Å². The lowest BCUT2D eigenvalue weighted by Crippen LogP contribution is -2.19. The molecule has 2 N–H and O–H groups in total. The minimum Gasteiger partial charge on any atom is -0.496 e. The van der Waals surface area contributed by atoms with Crippen LogP contribution in [0, 0.1) is 13.8 Å². The number of aromatic nitrogens is 3. The number of aryl methyl sites for hydroxylation is 3. The number of hydrogen-bond acceptors (Lipinski definition) is 4.